The van der Waals surface area contributed by atoms with E-state index >= 15 is 8.78 Å². The van der Waals surface area contributed by atoms with Crippen molar-refractivity contribution in [3.63, 3.8) is 0 Å². The Labute approximate surface area is 357 Å². The summed E-state index contributed by atoms with van der Waals surface area (Å²) in [6.07, 6.45) is 6.22. The zero-order valence-corrected chi connectivity index (χ0v) is 33.9. The molecule has 8 aromatic rings. The maximum Gasteiger partial charge on any atom is 0.147 e. The van der Waals surface area contributed by atoms with Gasteiger partial charge in [0.15, 0.2) is 0 Å². The highest BCUT2D eigenvalue weighted by Gasteiger charge is 2.62. The third-order valence-electron chi connectivity index (χ3n) is 14.8. The number of halogens is 2. The summed E-state index contributed by atoms with van der Waals surface area (Å²) in [6, 6.07) is 64.1. The van der Waals surface area contributed by atoms with Gasteiger partial charge in [0.25, 0.3) is 0 Å². The molecule has 5 aliphatic rings. The van der Waals surface area contributed by atoms with Crippen LogP contribution in [0.1, 0.15) is 43.2 Å². The average molecular weight is 794 g/mol. The van der Waals surface area contributed by atoms with Gasteiger partial charge in [-0.1, -0.05) is 133 Å². The summed E-state index contributed by atoms with van der Waals surface area (Å²) < 4.78 is 32.4. The second-order valence-electron chi connectivity index (χ2n) is 18.0. The number of fused-ring (bicyclic) bond motifs is 3. The average Bonchev–Trinajstić information content (AvgIpc) is 3.59. The molecule has 0 aromatic heterocycles. The highest BCUT2D eigenvalue weighted by Crippen LogP contribution is 2.71. The van der Waals surface area contributed by atoms with Crippen molar-refractivity contribution in [2.24, 2.45) is 23.7 Å². The molecule has 0 amide bonds. The molecule has 8 aromatic carbocycles. The number of hydrogen-bond acceptors (Lipinski definition) is 1. The van der Waals surface area contributed by atoms with E-state index in [4.69, 9.17) is 0 Å². The second kappa shape index (κ2) is 14.3. The van der Waals surface area contributed by atoms with Crippen molar-refractivity contribution in [1.82, 2.24) is 0 Å². The first-order valence-electron chi connectivity index (χ1n) is 22.0. The standard InChI is InChI=1S/C58H45F2N/c59-46-18-12-17-42(32-46)52-35-48(61(47-19-8-3-9-20-47)56-26-24-41(34-55(56)60)39-13-4-1-5-14-39)36-54-57(52)51-25-23-43(50-22-11-10-21-49(50)40-15-6-2-7-16-40)33-53(51)58(54)44-28-37-27-38(30-44)31-45(58)29-37/h1-26,32-38,44-45H,27-31H2. The van der Waals surface area contributed by atoms with Crippen LogP contribution >= 0.6 is 0 Å². The topological polar surface area (TPSA) is 3.24 Å². The van der Waals surface area contributed by atoms with E-state index in [1.165, 1.54) is 82.7 Å². The summed E-state index contributed by atoms with van der Waals surface area (Å²) >= 11 is 0. The predicted octanol–water partition coefficient (Wildman–Crippen LogP) is 15.8. The van der Waals surface area contributed by atoms with Crippen LogP contribution in [0.25, 0.3) is 55.6 Å². The van der Waals surface area contributed by atoms with Crippen molar-refractivity contribution in [2.45, 2.75) is 37.5 Å². The van der Waals surface area contributed by atoms with Crippen LogP contribution in [0.4, 0.5) is 25.8 Å². The lowest BCUT2D eigenvalue weighted by molar-refractivity contribution is -0.0399. The first kappa shape index (κ1) is 36.3. The zero-order chi connectivity index (χ0) is 40.7. The predicted molar refractivity (Wildman–Crippen MR) is 246 cm³/mol. The molecule has 0 atom stereocenters. The summed E-state index contributed by atoms with van der Waals surface area (Å²) in [5.41, 5.74) is 15.7. The van der Waals surface area contributed by atoms with Crippen molar-refractivity contribution >= 4 is 17.1 Å². The highest BCUT2D eigenvalue weighted by molar-refractivity contribution is 5.98. The van der Waals surface area contributed by atoms with Gasteiger partial charge in [-0.25, -0.2) is 8.78 Å². The van der Waals surface area contributed by atoms with Gasteiger partial charge >= 0.3 is 0 Å². The number of anilines is 3. The Hall–Kier alpha value is -6.58. The molecule has 4 bridgehead atoms. The molecule has 0 heterocycles. The first-order chi connectivity index (χ1) is 30.0. The molecule has 296 valence electrons. The lowest BCUT2D eigenvalue weighted by Gasteiger charge is -2.61. The van der Waals surface area contributed by atoms with E-state index < -0.39 is 0 Å². The van der Waals surface area contributed by atoms with Crippen LogP contribution in [-0.2, 0) is 5.41 Å². The summed E-state index contributed by atoms with van der Waals surface area (Å²) in [5.74, 6) is 1.90. The number of benzene rings is 8. The second-order valence-corrected chi connectivity index (χ2v) is 18.0. The first-order valence-corrected chi connectivity index (χ1v) is 22.0. The molecule has 3 heteroatoms. The Morgan fingerprint density at radius 2 is 0.984 bits per heavy atom. The Balaban J connectivity index is 1.12. The van der Waals surface area contributed by atoms with Gasteiger partial charge in [0.05, 0.1) is 5.69 Å². The van der Waals surface area contributed by atoms with Gasteiger partial charge in [0.1, 0.15) is 11.6 Å². The molecular formula is C58H45F2N. The Bertz CT molecular complexity index is 2930. The minimum absolute atomic E-state index is 0.230. The zero-order valence-electron chi connectivity index (χ0n) is 33.9. The number of nitrogens with zero attached hydrogens (tertiary/aromatic N) is 1. The molecule has 61 heavy (non-hydrogen) atoms. The maximum atomic E-state index is 17.0. The molecule has 4 saturated carbocycles. The van der Waals surface area contributed by atoms with Crippen LogP contribution in [0.5, 0.6) is 0 Å². The molecule has 1 nitrogen and oxygen atoms in total. The van der Waals surface area contributed by atoms with Crippen LogP contribution in [0.3, 0.4) is 0 Å². The minimum atomic E-state index is -0.299. The van der Waals surface area contributed by atoms with E-state index in [0.29, 0.717) is 17.5 Å². The normalized spacial score (nSPS) is 21.7. The van der Waals surface area contributed by atoms with E-state index in [1.54, 1.807) is 12.1 Å². The van der Waals surface area contributed by atoms with Gasteiger partial charge < -0.3 is 4.90 Å². The van der Waals surface area contributed by atoms with Crippen molar-refractivity contribution in [3.05, 3.63) is 211 Å². The fraction of sp³-hybridized carbons (Fsp3) is 0.172. The van der Waals surface area contributed by atoms with Crippen molar-refractivity contribution < 1.29 is 8.78 Å². The van der Waals surface area contributed by atoms with E-state index in [1.807, 2.05) is 72.8 Å². The third kappa shape index (κ3) is 5.77. The lowest BCUT2D eigenvalue weighted by atomic mass is 9.43. The summed E-state index contributed by atoms with van der Waals surface area (Å²) in [7, 11) is 0. The number of rotatable bonds is 7. The van der Waals surface area contributed by atoms with Gasteiger partial charge in [0.2, 0.25) is 0 Å². The highest BCUT2D eigenvalue weighted by atomic mass is 19.1. The molecule has 0 radical (unpaired) electrons. The molecule has 1 spiro atoms. The Morgan fingerprint density at radius 1 is 0.393 bits per heavy atom. The Morgan fingerprint density at radius 3 is 1.66 bits per heavy atom. The summed E-state index contributed by atoms with van der Waals surface area (Å²) in [4.78, 5) is 2.08. The maximum absolute atomic E-state index is 17.0. The van der Waals surface area contributed by atoms with Crippen LogP contribution in [-0.4, -0.2) is 0 Å². The van der Waals surface area contributed by atoms with Crippen molar-refractivity contribution in [2.75, 3.05) is 4.90 Å². The monoisotopic (exact) mass is 793 g/mol. The van der Waals surface area contributed by atoms with Crippen LogP contribution in [0.2, 0.25) is 0 Å². The van der Waals surface area contributed by atoms with Crippen molar-refractivity contribution in [1.29, 1.82) is 0 Å². The minimum Gasteiger partial charge on any atom is -0.308 e. The molecular weight excluding hydrogens is 749 g/mol. The van der Waals surface area contributed by atoms with Gasteiger partial charge in [0, 0.05) is 16.8 Å². The SMILES string of the molecule is Fc1cccc(-c2cc(N(c3ccccc3)c3ccc(-c4ccccc4)cc3F)cc3c2-c2ccc(-c4ccccc4-c4ccccc4)cc2C32C3CC4CC(C3)CC2C4)c1. The van der Waals surface area contributed by atoms with Crippen LogP contribution < -0.4 is 4.90 Å². The number of para-hydroxylation sites is 1. The van der Waals surface area contributed by atoms with E-state index in [2.05, 4.69) is 102 Å². The molecule has 0 N–H and O–H groups in total. The lowest BCUT2D eigenvalue weighted by Crippen LogP contribution is -2.55. The molecule has 5 aliphatic carbocycles. The van der Waals surface area contributed by atoms with E-state index in [-0.39, 0.29) is 17.0 Å². The van der Waals surface area contributed by atoms with Crippen molar-refractivity contribution in [3.8, 4) is 55.6 Å². The number of hydrogen-bond donors (Lipinski definition) is 0. The van der Waals surface area contributed by atoms with Gasteiger partial charge in [-0.05, 0) is 177 Å². The molecule has 4 fully saturated rings. The van der Waals surface area contributed by atoms with Gasteiger partial charge in [-0.3, -0.25) is 0 Å². The van der Waals surface area contributed by atoms with E-state index in [9.17, 15) is 0 Å². The molecule has 0 unspecified atom stereocenters. The largest absolute Gasteiger partial charge is 0.308 e. The van der Waals surface area contributed by atoms with E-state index in [0.717, 1.165) is 45.5 Å². The summed E-state index contributed by atoms with van der Waals surface area (Å²) in [6.45, 7) is 0. The Kier molecular flexibility index (Phi) is 8.49. The fourth-order valence-corrected chi connectivity index (χ4v) is 12.6. The fourth-order valence-electron chi connectivity index (χ4n) is 12.6. The van der Waals surface area contributed by atoms with Crippen LogP contribution in [0, 0.1) is 35.3 Å². The van der Waals surface area contributed by atoms with Gasteiger partial charge in [-0.15, -0.1) is 0 Å². The quantitative estimate of drug-likeness (QED) is 0.155. The molecule has 13 rings (SSSR count). The molecule has 0 saturated heterocycles. The smallest absolute Gasteiger partial charge is 0.147 e. The van der Waals surface area contributed by atoms with Crippen LogP contribution in [0.15, 0.2) is 188 Å². The molecule has 0 aliphatic heterocycles. The van der Waals surface area contributed by atoms with Gasteiger partial charge in [-0.2, -0.15) is 0 Å². The third-order valence-corrected chi connectivity index (χ3v) is 14.8. The summed E-state index contributed by atoms with van der Waals surface area (Å²) in [5, 5.41) is 0.